The van der Waals surface area contributed by atoms with E-state index in [-0.39, 0.29) is 5.91 Å². The molecule has 1 aliphatic heterocycles. The Morgan fingerprint density at radius 1 is 1.19 bits per heavy atom. The van der Waals surface area contributed by atoms with E-state index in [1.54, 1.807) is 4.90 Å². The van der Waals surface area contributed by atoms with Crippen molar-refractivity contribution in [1.29, 1.82) is 0 Å². The number of carbonyl (C=O) groups is 1. The van der Waals surface area contributed by atoms with Crippen LogP contribution >= 0.6 is 0 Å². The van der Waals surface area contributed by atoms with E-state index in [9.17, 15) is 4.79 Å². The average molecular weight is 229 g/mol. The highest BCUT2D eigenvalue weighted by Crippen LogP contribution is 2.28. The van der Waals surface area contributed by atoms with Crippen LogP contribution in [0.3, 0.4) is 0 Å². The number of carbonyl (C=O) groups excluding carboxylic acids is 1. The van der Waals surface area contributed by atoms with Crippen LogP contribution in [0, 0.1) is 0 Å². The molecule has 0 aromatic rings. The third-order valence-electron chi connectivity index (χ3n) is 2.99. The van der Waals surface area contributed by atoms with Crippen molar-refractivity contribution in [3.8, 4) is 0 Å². The first-order valence-corrected chi connectivity index (χ1v) is 6.27. The van der Waals surface area contributed by atoms with Crippen molar-refractivity contribution in [2.24, 2.45) is 0 Å². The number of nitrogens with zero attached hydrogens (tertiary/aromatic N) is 1. The highest BCUT2D eigenvalue weighted by atomic mass is 16.7. The Kier molecular flexibility index (Phi) is 5.22. The predicted molar refractivity (Wildman–Crippen MR) is 62.1 cm³/mol. The normalized spacial score (nSPS) is 18.7. The van der Waals surface area contributed by atoms with Crippen molar-refractivity contribution in [3.63, 3.8) is 0 Å². The number of unbranched alkanes of at least 4 members (excludes halogenated alkanes) is 1. The van der Waals surface area contributed by atoms with E-state index in [1.807, 2.05) is 13.8 Å². The third kappa shape index (κ3) is 2.74. The van der Waals surface area contributed by atoms with Gasteiger partial charge in [-0.2, -0.15) is 0 Å². The third-order valence-corrected chi connectivity index (χ3v) is 2.99. The van der Waals surface area contributed by atoms with E-state index in [1.165, 1.54) is 0 Å². The quantitative estimate of drug-likeness (QED) is 0.697. The van der Waals surface area contributed by atoms with Crippen LogP contribution in [0.1, 0.15) is 40.0 Å². The maximum atomic E-state index is 12.3. The molecule has 1 rings (SSSR count). The molecule has 0 N–H and O–H groups in total. The second-order valence-electron chi connectivity index (χ2n) is 4.03. The van der Waals surface area contributed by atoms with Crippen molar-refractivity contribution in [2.45, 2.75) is 45.8 Å². The largest absolute Gasteiger partial charge is 0.340 e. The van der Waals surface area contributed by atoms with Gasteiger partial charge in [0.1, 0.15) is 0 Å². The SMILES string of the molecule is CCCCC1(C(=O)N(CC)CC)OCCO1. The number of hydrogen-bond donors (Lipinski definition) is 0. The van der Waals surface area contributed by atoms with Crippen LogP contribution < -0.4 is 0 Å². The van der Waals surface area contributed by atoms with Gasteiger partial charge in [0.15, 0.2) is 0 Å². The number of likely N-dealkylation sites (N-methyl/N-ethyl adjacent to an activating group) is 1. The molecule has 0 bridgehead atoms. The summed E-state index contributed by atoms with van der Waals surface area (Å²) in [6.07, 6.45) is 2.66. The predicted octanol–water partition coefficient (Wildman–Crippen LogP) is 1.79. The minimum atomic E-state index is -0.984. The summed E-state index contributed by atoms with van der Waals surface area (Å²) in [6.45, 7) is 8.51. The second-order valence-corrected chi connectivity index (χ2v) is 4.03. The second kappa shape index (κ2) is 6.21. The van der Waals surface area contributed by atoms with Gasteiger partial charge in [-0.05, 0) is 20.3 Å². The fraction of sp³-hybridized carbons (Fsp3) is 0.917. The highest BCUT2D eigenvalue weighted by molar-refractivity contribution is 5.84. The number of amides is 1. The molecule has 0 aromatic heterocycles. The van der Waals surface area contributed by atoms with Gasteiger partial charge in [0.05, 0.1) is 13.2 Å². The van der Waals surface area contributed by atoms with Gasteiger partial charge in [-0.1, -0.05) is 13.3 Å². The summed E-state index contributed by atoms with van der Waals surface area (Å²) in [5.74, 6) is -0.995. The first-order chi connectivity index (χ1) is 7.70. The van der Waals surface area contributed by atoms with Crippen molar-refractivity contribution >= 4 is 5.91 Å². The molecule has 0 atom stereocenters. The summed E-state index contributed by atoms with van der Waals surface area (Å²) in [5, 5.41) is 0. The van der Waals surface area contributed by atoms with Gasteiger partial charge in [0.25, 0.3) is 5.91 Å². The molecule has 4 heteroatoms. The zero-order valence-corrected chi connectivity index (χ0v) is 10.6. The summed E-state index contributed by atoms with van der Waals surface area (Å²) < 4.78 is 11.2. The lowest BCUT2D eigenvalue weighted by Crippen LogP contribution is -2.49. The van der Waals surface area contributed by atoms with Crippen molar-refractivity contribution in [3.05, 3.63) is 0 Å². The number of rotatable bonds is 6. The Morgan fingerprint density at radius 3 is 2.19 bits per heavy atom. The average Bonchev–Trinajstić information content (AvgIpc) is 2.78. The van der Waals surface area contributed by atoms with Crippen LogP contribution in [0.2, 0.25) is 0 Å². The summed E-state index contributed by atoms with van der Waals surface area (Å²) in [4.78, 5) is 14.1. The molecule has 0 aromatic carbocycles. The van der Waals surface area contributed by atoms with Crippen molar-refractivity contribution in [1.82, 2.24) is 4.90 Å². The molecule has 94 valence electrons. The van der Waals surface area contributed by atoms with Gasteiger partial charge >= 0.3 is 0 Å². The van der Waals surface area contributed by atoms with Crippen LogP contribution in [0.15, 0.2) is 0 Å². The van der Waals surface area contributed by atoms with Gasteiger partial charge in [-0.25, -0.2) is 0 Å². The molecule has 0 radical (unpaired) electrons. The molecule has 0 saturated carbocycles. The van der Waals surface area contributed by atoms with Crippen molar-refractivity contribution in [2.75, 3.05) is 26.3 Å². The Morgan fingerprint density at radius 2 is 1.75 bits per heavy atom. The van der Waals surface area contributed by atoms with Crippen LogP contribution in [-0.2, 0) is 14.3 Å². The van der Waals surface area contributed by atoms with E-state index >= 15 is 0 Å². The van der Waals surface area contributed by atoms with Crippen LogP contribution in [0.5, 0.6) is 0 Å². The first-order valence-electron chi connectivity index (χ1n) is 6.27. The lowest BCUT2D eigenvalue weighted by molar-refractivity contribution is -0.196. The van der Waals surface area contributed by atoms with E-state index in [2.05, 4.69) is 6.92 Å². The summed E-state index contributed by atoms with van der Waals surface area (Å²) in [7, 11) is 0. The van der Waals surface area contributed by atoms with Gasteiger partial charge in [-0.3, -0.25) is 4.79 Å². The molecule has 1 aliphatic rings. The number of hydrogen-bond acceptors (Lipinski definition) is 3. The highest BCUT2D eigenvalue weighted by Gasteiger charge is 2.45. The minimum absolute atomic E-state index is 0.0107. The molecular weight excluding hydrogens is 206 g/mol. The Hall–Kier alpha value is -0.610. The van der Waals surface area contributed by atoms with E-state index in [0.717, 1.165) is 12.8 Å². The van der Waals surface area contributed by atoms with E-state index in [4.69, 9.17) is 9.47 Å². The zero-order chi connectivity index (χ0) is 12.0. The topological polar surface area (TPSA) is 38.8 Å². The minimum Gasteiger partial charge on any atom is -0.340 e. The van der Waals surface area contributed by atoms with E-state index in [0.29, 0.717) is 32.7 Å². The summed E-state index contributed by atoms with van der Waals surface area (Å²) in [6, 6.07) is 0. The fourth-order valence-electron chi connectivity index (χ4n) is 1.99. The maximum absolute atomic E-state index is 12.3. The standard InChI is InChI=1S/C12H23NO3/c1-4-7-8-12(15-9-10-16-12)11(14)13(5-2)6-3/h4-10H2,1-3H3. The molecule has 0 spiro atoms. The maximum Gasteiger partial charge on any atom is 0.282 e. The summed E-state index contributed by atoms with van der Waals surface area (Å²) >= 11 is 0. The van der Waals surface area contributed by atoms with Gasteiger partial charge in [0, 0.05) is 19.5 Å². The molecule has 1 heterocycles. The Labute approximate surface area is 97.9 Å². The zero-order valence-electron chi connectivity index (χ0n) is 10.6. The smallest absolute Gasteiger partial charge is 0.282 e. The molecule has 16 heavy (non-hydrogen) atoms. The van der Waals surface area contributed by atoms with Crippen LogP contribution in [0.4, 0.5) is 0 Å². The molecule has 1 saturated heterocycles. The Balaban J connectivity index is 2.71. The van der Waals surface area contributed by atoms with E-state index < -0.39 is 5.79 Å². The molecule has 4 nitrogen and oxygen atoms in total. The molecule has 1 amide bonds. The lowest BCUT2D eigenvalue weighted by atomic mass is 10.1. The molecule has 0 unspecified atom stereocenters. The molecular formula is C12H23NO3. The molecule has 1 fully saturated rings. The summed E-state index contributed by atoms with van der Waals surface area (Å²) in [5.41, 5.74) is 0. The lowest BCUT2D eigenvalue weighted by Gasteiger charge is -2.31. The van der Waals surface area contributed by atoms with Gasteiger partial charge < -0.3 is 14.4 Å². The van der Waals surface area contributed by atoms with Gasteiger partial charge in [0.2, 0.25) is 5.79 Å². The number of ether oxygens (including phenoxy) is 2. The first kappa shape index (κ1) is 13.5. The van der Waals surface area contributed by atoms with Crippen molar-refractivity contribution < 1.29 is 14.3 Å². The Bertz CT molecular complexity index is 220. The van der Waals surface area contributed by atoms with Crippen LogP contribution in [-0.4, -0.2) is 42.9 Å². The monoisotopic (exact) mass is 229 g/mol. The fourth-order valence-corrected chi connectivity index (χ4v) is 1.99. The van der Waals surface area contributed by atoms with Gasteiger partial charge in [-0.15, -0.1) is 0 Å². The van der Waals surface area contributed by atoms with Crippen LogP contribution in [0.25, 0.3) is 0 Å². The molecule has 0 aliphatic carbocycles.